The zero-order valence-corrected chi connectivity index (χ0v) is 33.7. The molecule has 9 rings (SSSR count). The minimum absolute atomic E-state index is 0.00476. The summed E-state index contributed by atoms with van der Waals surface area (Å²) in [7, 11) is 0. The number of hydrogen-bond donors (Lipinski definition) is 2. The Balaban J connectivity index is 0.739. The van der Waals surface area contributed by atoms with Crippen LogP contribution in [-0.2, 0) is 9.59 Å². The molecule has 2 N–H and O–H groups in total. The van der Waals surface area contributed by atoms with Gasteiger partial charge in [-0.05, 0) is 100 Å². The summed E-state index contributed by atoms with van der Waals surface area (Å²) in [6.45, 7) is 3.79. The van der Waals surface area contributed by atoms with E-state index < -0.39 is 35.5 Å². The predicted molar refractivity (Wildman–Crippen MR) is 216 cm³/mol. The van der Waals surface area contributed by atoms with E-state index in [1.54, 1.807) is 24.3 Å². The molecule has 15 nitrogen and oxygen atoms in total. The molecule has 5 aliphatic heterocycles. The van der Waals surface area contributed by atoms with Crippen molar-refractivity contribution in [2.75, 3.05) is 42.5 Å². The third-order valence-corrected chi connectivity index (χ3v) is 13.5. The van der Waals surface area contributed by atoms with Crippen molar-refractivity contribution in [2.45, 2.75) is 94.5 Å². The summed E-state index contributed by atoms with van der Waals surface area (Å²) in [6.07, 6.45) is 7.03. The summed E-state index contributed by atoms with van der Waals surface area (Å²) in [5.74, 6) is -1.54. The highest BCUT2D eigenvalue weighted by Gasteiger charge is 2.46. The van der Waals surface area contributed by atoms with Gasteiger partial charge in [0.15, 0.2) is 11.5 Å². The van der Waals surface area contributed by atoms with Crippen molar-refractivity contribution in [1.29, 1.82) is 5.26 Å². The highest BCUT2D eigenvalue weighted by Crippen LogP contribution is 2.37. The first-order valence-corrected chi connectivity index (χ1v) is 21.2. The minimum Gasteiger partial charge on any atom is -0.490 e. The first kappa shape index (κ1) is 39.8. The van der Waals surface area contributed by atoms with Crippen LogP contribution in [0.3, 0.4) is 0 Å². The molecule has 1 saturated carbocycles. The zero-order chi connectivity index (χ0) is 41.7. The van der Waals surface area contributed by atoms with Gasteiger partial charge in [-0.15, -0.1) is 10.2 Å². The number of anilines is 2. The first-order valence-electron chi connectivity index (χ1n) is 20.8. The Morgan fingerprint density at radius 2 is 1.60 bits per heavy atom. The summed E-state index contributed by atoms with van der Waals surface area (Å²) in [5.41, 5.74) is 0.983. The number of piperidine rings is 2. The lowest BCUT2D eigenvalue weighted by Crippen LogP contribution is -2.55. The van der Waals surface area contributed by atoms with Gasteiger partial charge in [0, 0.05) is 63.3 Å². The molecule has 312 valence electrons. The quantitative estimate of drug-likeness (QED) is 0.294. The van der Waals surface area contributed by atoms with E-state index in [9.17, 15) is 24.0 Å². The summed E-state index contributed by atoms with van der Waals surface area (Å²) < 4.78 is 21.6. The second-order valence-corrected chi connectivity index (χ2v) is 17.2. The Hall–Kier alpha value is -5.66. The zero-order valence-electron chi connectivity index (χ0n) is 32.9. The summed E-state index contributed by atoms with van der Waals surface area (Å²) in [6, 6.07) is 12.9. The summed E-state index contributed by atoms with van der Waals surface area (Å²) in [4.78, 5) is 71.4. The van der Waals surface area contributed by atoms with Crippen LogP contribution in [0.1, 0.15) is 101 Å². The largest absolute Gasteiger partial charge is 0.490 e. The number of carbonyl (C=O) groups is 5. The number of halogens is 2. The fraction of sp³-hybridized carbons (Fsp3) is 0.488. The van der Waals surface area contributed by atoms with Crippen LogP contribution in [0.15, 0.2) is 42.5 Å². The third-order valence-electron chi connectivity index (χ3n) is 13.1. The third kappa shape index (κ3) is 7.76. The average Bonchev–Trinajstić information content (AvgIpc) is 3.61. The van der Waals surface area contributed by atoms with Crippen LogP contribution < -0.4 is 25.2 Å². The second-order valence-electron chi connectivity index (χ2n) is 16.8. The van der Waals surface area contributed by atoms with E-state index in [2.05, 4.69) is 30.6 Å². The average molecular weight is 838 g/mol. The van der Waals surface area contributed by atoms with Gasteiger partial charge in [-0.25, -0.2) is 4.39 Å². The number of amides is 5. The minimum atomic E-state index is -1.10. The Morgan fingerprint density at radius 3 is 2.25 bits per heavy atom. The van der Waals surface area contributed by atoms with Crippen LogP contribution in [0.4, 0.5) is 15.9 Å². The molecule has 5 amide bonds. The van der Waals surface area contributed by atoms with Crippen LogP contribution >= 0.6 is 11.6 Å². The molecule has 5 fully saturated rings. The van der Waals surface area contributed by atoms with Crippen molar-refractivity contribution >= 4 is 52.6 Å². The van der Waals surface area contributed by atoms with E-state index in [1.165, 1.54) is 6.07 Å². The highest BCUT2D eigenvalue weighted by molar-refractivity contribution is 6.31. The fourth-order valence-corrected chi connectivity index (χ4v) is 10.1. The Morgan fingerprint density at radius 1 is 0.883 bits per heavy atom. The lowest BCUT2D eigenvalue weighted by Gasteiger charge is -2.44. The van der Waals surface area contributed by atoms with Crippen molar-refractivity contribution in [3.8, 4) is 11.8 Å². The molecule has 2 aromatic carbocycles. The number of nitriles is 1. The molecule has 17 heteroatoms. The molecule has 3 atom stereocenters. The maximum Gasteiger partial charge on any atom is 0.272 e. The van der Waals surface area contributed by atoms with E-state index >= 15 is 4.39 Å². The van der Waals surface area contributed by atoms with E-state index in [0.29, 0.717) is 47.4 Å². The molecular weight excluding hydrogens is 793 g/mol. The number of piperazine rings is 1. The van der Waals surface area contributed by atoms with E-state index in [0.717, 1.165) is 87.8 Å². The molecule has 6 heterocycles. The van der Waals surface area contributed by atoms with Crippen molar-refractivity contribution in [1.82, 2.24) is 30.6 Å². The van der Waals surface area contributed by atoms with Crippen LogP contribution in [0.5, 0.6) is 5.75 Å². The smallest absolute Gasteiger partial charge is 0.272 e. The van der Waals surface area contributed by atoms with Crippen molar-refractivity contribution in [2.24, 2.45) is 5.92 Å². The molecule has 6 aliphatic rings. The lowest BCUT2D eigenvalue weighted by atomic mass is 9.93. The van der Waals surface area contributed by atoms with E-state index in [-0.39, 0.29) is 53.4 Å². The van der Waals surface area contributed by atoms with Gasteiger partial charge < -0.3 is 19.9 Å². The van der Waals surface area contributed by atoms with E-state index in [1.807, 2.05) is 17.0 Å². The van der Waals surface area contributed by atoms with Crippen molar-refractivity contribution in [3.05, 3.63) is 75.7 Å². The Kier molecular flexibility index (Phi) is 10.9. The number of nitrogens with zero attached hydrogens (tertiary/aromatic N) is 7. The number of benzene rings is 2. The van der Waals surface area contributed by atoms with Gasteiger partial charge in [0.2, 0.25) is 11.8 Å². The Labute approximate surface area is 351 Å². The molecule has 4 saturated heterocycles. The maximum absolute atomic E-state index is 15.5. The van der Waals surface area contributed by atoms with Gasteiger partial charge in [0.25, 0.3) is 17.7 Å². The Bertz CT molecular complexity index is 2260. The lowest BCUT2D eigenvalue weighted by molar-refractivity contribution is -0.136. The number of hydrogen-bond acceptors (Lipinski definition) is 12. The molecule has 2 bridgehead atoms. The van der Waals surface area contributed by atoms with Crippen molar-refractivity contribution in [3.63, 3.8) is 0 Å². The van der Waals surface area contributed by atoms with Gasteiger partial charge in [-0.2, -0.15) is 5.26 Å². The van der Waals surface area contributed by atoms with Crippen LogP contribution in [-0.4, -0.2) is 113 Å². The molecule has 1 aromatic heterocycles. The van der Waals surface area contributed by atoms with Gasteiger partial charge in [-0.1, -0.05) is 11.6 Å². The number of fused-ring (bicyclic) bond motifs is 3. The number of carbonyl (C=O) groups excluding carboxylic acids is 5. The monoisotopic (exact) mass is 837 g/mol. The predicted octanol–water partition coefficient (Wildman–Crippen LogP) is 4.23. The number of rotatable bonds is 9. The molecule has 0 radical (unpaired) electrons. The van der Waals surface area contributed by atoms with Gasteiger partial charge >= 0.3 is 0 Å². The first-order chi connectivity index (χ1) is 29.0. The van der Waals surface area contributed by atoms with Crippen LogP contribution in [0, 0.1) is 23.1 Å². The normalized spacial score (nSPS) is 25.9. The molecule has 1 aliphatic carbocycles. The molecule has 60 heavy (non-hydrogen) atoms. The van der Waals surface area contributed by atoms with Gasteiger partial charge in [0.05, 0.1) is 33.5 Å². The topological polar surface area (TPSA) is 181 Å². The molecule has 3 aromatic rings. The SMILES string of the molecule is N#Cc1ccc(O[C@H]2CC[C@H](NC(=O)c3ccc(N4CC5CCC(C4)N5CC4CCN(c5cc6c(cc5F)C(=O)N(C5CCC(=O)NC5=O)C6=O)CC4)nn3)CC2)cc1Cl. The summed E-state index contributed by atoms with van der Waals surface area (Å²) >= 11 is 6.15. The fourth-order valence-electron chi connectivity index (χ4n) is 9.90. The highest BCUT2D eigenvalue weighted by atomic mass is 35.5. The molecule has 3 unspecified atom stereocenters. The second kappa shape index (κ2) is 16.4. The van der Waals surface area contributed by atoms with Gasteiger partial charge in [0.1, 0.15) is 23.7 Å². The number of nitrogens with one attached hydrogen (secondary N) is 2. The molecular formula is C43H45ClFN9O6. The summed E-state index contributed by atoms with van der Waals surface area (Å²) in [5, 5.41) is 23.6. The number of aromatic nitrogens is 2. The number of ether oxygens (including phenoxy) is 1. The van der Waals surface area contributed by atoms with Crippen LogP contribution in [0.2, 0.25) is 5.02 Å². The van der Waals surface area contributed by atoms with Crippen LogP contribution in [0.25, 0.3) is 0 Å². The number of imide groups is 2. The van der Waals surface area contributed by atoms with Crippen molar-refractivity contribution < 1.29 is 33.1 Å². The van der Waals surface area contributed by atoms with Gasteiger partial charge in [-0.3, -0.25) is 39.1 Å². The molecule has 0 spiro atoms. The van der Waals surface area contributed by atoms with E-state index in [4.69, 9.17) is 21.6 Å². The maximum atomic E-state index is 15.5. The standard InChI is InChI=1S/C43H45ClFN9O6/c44-33-17-30(6-1-25(33)20-46)60-29-7-2-26(3-8-29)47-40(56)35-9-11-38(50-49-35)52-22-27-4-5-28(23-52)53(27)21-24-13-15-51(16-14-24)37-19-32-31(18-34(37)45)42(58)54(43(32)59)36-10-12-39(55)48-41(36)57/h1,6,9,11,17-19,24,26-29,36H,2-5,7-8,10,12-16,21-23H2,(H,47,56)(H,48,55,57)/t26-,27?,28?,29-,36?.